The van der Waals surface area contributed by atoms with Crippen molar-refractivity contribution in [1.82, 2.24) is 13.7 Å². The van der Waals surface area contributed by atoms with Gasteiger partial charge in [-0.05, 0) is 60.0 Å². The fraction of sp³-hybridized carbons (Fsp3) is 0. The number of nitriles is 1. The molecular formula is C50H29N5. The monoisotopic (exact) mass is 699 g/mol. The molecule has 3 heterocycles. The Morgan fingerprint density at radius 3 is 1.51 bits per heavy atom. The van der Waals surface area contributed by atoms with E-state index in [2.05, 4.69) is 158 Å². The molecule has 8 aromatic carbocycles. The lowest BCUT2D eigenvalue weighted by molar-refractivity contribution is 1.13. The second-order valence-corrected chi connectivity index (χ2v) is 13.9. The molecule has 5 heteroatoms. The van der Waals surface area contributed by atoms with E-state index in [1.165, 1.54) is 10.8 Å². The minimum atomic E-state index is 0.579. The van der Waals surface area contributed by atoms with Crippen molar-refractivity contribution in [3.05, 3.63) is 193 Å². The number of hydrogen-bond donors (Lipinski definition) is 0. The van der Waals surface area contributed by atoms with Gasteiger partial charge in [-0.2, -0.15) is 5.26 Å². The number of hydrogen-bond acceptors (Lipinski definition) is 1. The van der Waals surface area contributed by atoms with Gasteiger partial charge in [-0.3, -0.25) is 0 Å². The van der Waals surface area contributed by atoms with E-state index in [0.29, 0.717) is 11.3 Å². The summed E-state index contributed by atoms with van der Waals surface area (Å²) in [5, 5.41) is 17.9. The maximum absolute atomic E-state index is 11.1. The zero-order valence-corrected chi connectivity index (χ0v) is 29.5. The van der Waals surface area contributed by atoms with Crippen molar-refractivity contribution in [3.63, 3.8) is 0 Å². The van der Waals surface area contributed by atoms with E-state index < -0.39 is 0 Å². The fourth-order valence-corrected chi connectivity index (χ4v) is 8.87. The number of nitrogens with zero attached hydrogens (tertiary/aromatic N) is 5. The Balaban J connectivity index is 1.22. The van der Waals surface area contributed by atoms with E-state index in [1.54, 1.807) is 0 Å². The first-order valence-electron chi connectivity index (χ1n) is 18.3. The summed E-state index contributed by atoms with van der Waals surface area (Å²) in [7, 11) is 0. The third kappa shape index (κ3) is 4.33. The van der Waals surface area contributed by atoms with E-state index >= 15 is 0 Å². The molecule has 0 aliphatic carbocycles. The summed E-state index contributed by atoms with van der Waals surface area (Å²) in [6.45, 7) is 7.66. The van der Waals surface area contributed by atoms with Gasteiger partial charge < -0.3 is 13.7 Å². The van der Waals surface area contributed by atoms with Crippen molar-refractivity contribution in [2.24, 2.45) is 0 Å². The van der Waals surface area contributed by atoms with Crippen LogP contribution in [0.4, 0.5) is 5.69 Å². The van der Waals surface area contributed by atoms with Crippen LogP contribution in [0.5, 0.6) is 0 Å². The van der Waals surface area contributed by atoms with E-state index in [4.69, 9.17) is 6.57 Å². The zero-order chi connectivity index (χ0) is 36.6. The lowest BCUT2D eigenvalue weighted by atomic mass is 9.96. The Morgan fingerprint density at radius 2 is 0.855 bits per heavy atom. The third-order valence-electron chi connectivity index (χ3n) is 11.1. The molecule has 0 N–H and O–H groups in total. The first-order valence-corrected chi connectivity index (χ1v) is 18.3. The molecule has 0 spiro atoms. The number of para-hydroxylation sites is 6. The molecule has 0 aliphatic rings. The highest BCUT2D eigenvalue weighted by Crippen LogP contribution is 2.43. The smallest absolute Gasteiger partial charge is 0.188 e. The molecule has 0 saturated carbocycles. The van der Waals surface area contributed by atoms with Crippen LogP contribution in [0.1, 0.15) is 5.56 Å². The molecule has 0 bridgehead atoms. The van der Waals surface area contributed by atoms with Crippen molar-refractivity contribution in [2.45, 2.75) is 0 Å². The number of rotatable bonds is 4. The van der Waals surface area contributed by atoms with Gasteiger partial charge >= 0.3 is 0 Å². The average molecular weight is 700 g/mol. The summed E-state index contributed by atoms with van der Waals surface area (Å²) in [6.07, 6.45) is 0. The molecule has 11 aromatic rings. The van der Waals surface area contributed by atoms with Gasteiger partial charge in [-0.25, -0.2) is 4.85 Å². The first-order chi connectivity index (χ1) is 27.2. The summed E-state index contributed by atoms with van der Waals surface area (Å²) in [5.74, 6) is 0. The van der Waals surface area contributed by atoms with Gasteiger partial charge in [-0.1, -0.05) is 121 Å². The molecule has 55 heavy (non-hydrogen) atoms. The summed E-state index contributed by atoms with van der Waals surface area (Å²) in [5.41, 5.74) is 12.3. The van der Waals surface area contributed by atoms with Gasteiger partial charge in [0, 0.05) is 38.1 Å². The molecule has 11 rings (SSSR count). The Morgan fingerprint density at radius 1 is 0.400 bits per heavy atom. The van der Waals surface area contributed by atoms with Crippen LogP contribution >= 0.6 is 0 Å². The molecule has 0 radical (unpaired) electrons. The summed E-state index contributed by atoms with van der Waals surface area (Å²) in [6, 6.07) is 63.7. The van der Waals surface area contributed by atoms with E-state index in [1.807, 2.05) is 42.5 Å². The summed E-state index contributed by atoms with van der Waals surface area (Å²) < 4.78 is 6.96. The zero-order valence-electron chi connectivity index (χ0n) is 29.5. The lowest BCUT2D eigenvalue weighted by Crippen LogP contribution is -2.04. The summed E-state index contributed by atoms with van der Waals surface area (Å²) in [4.78, 5) is 3.71. The molecule has 0 atom stereocenters. The molecule has 5 nitrogen and oxygen atoms in total. The Hall–Kier alpha value is -7.86. The van der Waals surface area contributed by atoms with Gasteiger partial charge in [0.2, 0.25) is 0 Å². The minimum absolute atomic E-state index is 0.579. The molecular weight excluding hydrogens is 671 g/mol. The van der Waals surface area contributed by atoms with Gasteiger partial charge in [0.1, 0.15) is 6.07 Å². The van der Waals surface area contributed by atoms with Crippen LogP contribution in [0.3, 0.4) is 0 Å². The van der Waals surface area contributed by atoms with E-state index in [9.17, 15) is 5.26 Å². The van der Waals surface area contributed by atoms with E-state index in [-0.39, 0.29) is 0 Å². The molecule has 0 fully saturated rings. The van der Waals surface area contributed by atoms with Gasteiger partial charge in [-0.15, -0.1) is 0 Å². The van der Waals surface area contributed by atoms with Crippen LogP contribution in [0.2, 0.25) is 0 Å². The van der Waals surface area contributed by atoms with Gasteiger partial charge in [0.15, 0.2) is 5.69 Å². The standard InChI is InChI=1S/C50H29N5/c1-52-32-28-29-48-40(30-32)38-18-6-9-23-44(38)53(48)47-26-12-19-33(41(47)31-51)34-14-2-10-24-45(34)55-46-25-11-5-17-37(46)39-20-13-27-49(50(39)55)54-42-21-7-3-15-35(42)36-16-4-8-22-43(36)54/h2-30H. The second-order valence-electron chi connectivity index (χ2n) is 13.9. The predicted octanol–water partition coefficient (Wildman–Crippen LogP) is 13.1. The van der Waals surface area contributed by atoms with Crippen LogP contribution in [-0.2, 0) is 0 Å². The van der Waals surface area contributed by atoms with Crippen molar-refractivity contribution >= 4 is 71.1 Å². The van der Waals surface area contributed by atoms with Crippen molar-refractivity contribution in [1.29, 1.82) is 5.26 Å². The van der Waals surface area contributed by atoms with Crippen LogP contribution in [-0.4, -0.2) is 13.7 Å². The van der Waals surface area contributed by atoms with Crippen molar-refractivity contribution < 1.29 is 0 Å². The molecule has 0 amide bonds. The molecule has 254 valence electrons. The normalized spacial score (nSPS) is 11.6. The van der Waals surface area contributed by atoms with Crippen LogP contribution in [0.25, 0.3) is 98.5 Å². The second kappa shape index (κ2) is 11.8. The summed E-state index contributed by atoms with van der Waals surface area (Å²) >= 11 is 0. The minimum Gasteiger partial charge on any atom is -0.308 e. The Bertz CT molecular complexity index is 3420. The van der Waals surface area contributed by atoms with Crippen LogP contribution in [0.15, 0.2) is 176 Å². The molecule has 0 unspecified atom stereocenters. The highest BCUT2D eigenvalue weighted by atomic mass is 15.1. The number of fused-ring (bicyclic) bond motifs is 9. The van der Waals surface area contributed by atoms with Crippen molar-refractivity contribution in [3.8, 4) is 34.3 Å². The van der Waals surface area contributed by atoms with Crippen LogP contribution in [0, 0.1) is 17.9 Å². The molecule has 3 aromatic heterocycles. The molecule has 0 saturated heterocycles. The van der Waals surface area contributed by atoms with E-state index in [0.717, 1.165) is 82.8 Å². The topological polar surface area (TPSA) is 42.9 Å². The maximum Gasteiger partial charge on any atom is 0.188 e. The lowest BCUT2D eigenvalue weighted by Gasteiger charge is -2.19. The van der Waals surface area contributed by atoms with Crippen LogP contribution < -0.4 is 0 Å². The van der Waals surface area contributed by atoms with Crippen molar-refractivity contribution in [2.75, 3.05) is 0 Å². The largest absolute Gasteiger partial charge is 0.308 e. The highest BCUT2D eigenvalue weighted by Gasteiger charge is 2.23. The number of aromatic nitrogens is 3. The van der Waals surface area contributed by atoms with Gasteiger partial charge in [0.25, 0.3) is 0 Å². The quantitative estimate of drug-likeness (QED) is 0.169. The Labute approximate surface area is 316 Å². The predicted molar refractivity (Wildman–Crippen MR) is 226 cm³/mol. The fourth-order valence-electron chi connectivity index (χ4n) is 8.87. The molecule has 0 aliphatic heterocycles. The highest BCUT2D eigenvalue weighted by molar-refractivity contribution is 6.15. The SMILES string of the molecule is [C-]#[N+]c1ccc2c(c1)c1ccccc1n2-c1cccc(-c2ccccc2-n2c3ccccc3c3cccc(-n4c5ccccc5c5ccccc54)c32)c1C#N. The third-order valence-corrected chi connectivity index (χ3v) is 11.1. The maximum atomic E-state index is 11.1. The first kappa shape index (κ1) is 30.7. The number of benzene rings is 8. The Kier molecular flexibility index (Phi) is 6.61. The average Bonchev–Trinajstić information content (AvgIpc) is 3.89. The van der Waals surface area contributed by atoms with Gasteiger partial charge in [0.05, 0.1) is 62.3 Å².